The van der Waals surface area contributed by atoms with E-state index in [9.17, 15) is 8.42 Å². The molecule has 0 atom stereocenters. The molecule has 2 N–H and O–H groups in total. The van der Waals surface area contributed by atoms with Crippen molar-refractivity contribution in [2.24, 2.45) is 0 Å². The van der Waals surface area contributed by atoms with Crippen molar-refractivity contribution in [1.82, 2.24) is 4.98 Å². The van der Waals surface area contributed by atoms with Crippen LogP contribution in [0, 0.1) is 0 Å². The predicted molar refractivity (Wildman–Crippen MR) is 75.7 cm³/mol. The minimum atomic E-state index is -3.60. The van der Waals surface area contributed by atoms with Crippen LogP contribution in [0.15, 0.2) is 70.5 Å². The second-order valence-corrected chi connectivity index (χ2v) is 5.92. The first kappa shape index (κ1) is 12.6. The molecule has 2 heterocycles. The minimum Gasteiger partial charge on any atom is -0.472 e. The molecule has 0 bridgehead atoms. The van der Waals surface area contributed by atoms with Gasteiger partial charge in [-0.05, 0) is 24.3 Å². The molecule has 3 rings (SSSR count). The highest BCUT2D eigenvalue weighted by molar-refractivity contribution is 7.92. The van der Waals surface area contributed by atoms with Gasteiger partial charge >= 0.3 is 0 Å². The Labute approximate surface area is 116 Å². The van der Waals surface area contributed by atoms with Crippen LogP contribution in [-0.4, -0.2) is 13.4 Å². The Morgan fingerprint density at radius 3 is 2.60 bits per heavy atom. The minimum absolute atomic E-state index is 0.178. The molecule has 0 aliphatic heterocycles. The third kappa shape index (κ3) is 2.46. The van der Waals surface area contributed by atoms with Crippen LogP contribution in [0.5, 0.6) is 0 Å². The summed E-state index contributed by atoms with van der Waals surface area (Å²) < 4.78 is 32.0. The monoisotopic (exact) mass is 288 g/mol. The lowest BCUT2D eigenvalue weighted by molar-refractivity contribution is 0.568. The van der Waals surface area contributed by atoms with Crippen molar-refractivity contribution in [1.29, 1.82) is 0 Å². The van der Waals surface area contributed by atoms with E-state index in [1.54, 1.807) is 42.7 Å². The Hall–Kier alpha value is -2.47. The summed E-state index contributed by atoms with van der Waals surface area (Å²) in [6.45, 7) is 0. The fourth-order valence-electron chi connectivity index (χ4n) is 1.83. The molecule has 0 amide bonds. The molecule has 0 aliphatic carbocycles. The number of furan rings is 1. The van der Waals surface area contributed by atoms with Crippen molar-refractivity contribution < 1.29 is 12.8 Å². The molecule has 5 nitrogen and oxygen atoms in total. The zero-order valence-electron chi connectivity index (χ0n) is 10.4. The van der Waals surface area contributed by atoms with Gasteiger partial charge in [0.05, 0.1) is 18.2 Å². The Balaban J connectivity index is 1.89. The van der Waals surface area contributed by atoms with Gasteiger partial charge in [-0.2, -0.15) is 0 Å². The third-order valence-corrected chi connectivity index (χ3v) is 4.19. The Kier molecular flexibility index (Phi) is 3.08. The molecule has 1 aromatic carbocycles. The summed E-state index contributed by atoms with van der Waals surface area (Å²) >= 11 is 0. The molecular weight excluding hydrogens is 276 g/mol. The first-order valence-electron chi connectivity index (χ1n) is 5.94. The molecule has 20 heavy (non-hydrogen) atoms. The fourth-order valence-corrected chi connectivity index (χ4v) is 2.89. The molecule has 2 aromatic heterocycles. The van der Waals surface area contributed by atoms with Crippen LogP contribution in [0.3, 0.4) is 0 Å². The number of nitrogens with one attached hydrogen (secondary N) is 2. The van der Waals surface area contributed by atoms with Crippen LogP contribution >= 0.6 is 0 Å². The molecule has 0 fully saturated rings. The van der Waals surface area contributed by atoms with Crippen molar-refractivity contribution >= 4 is 15.7 Å². The van der Waals surface area contributed by atoms with Gasteiger partial charge in [0.15, 0.2) is 0 Å². The van der Waals surface area contributed by atoms with Crippen LogP contribution in [-0.2, 0) is 10.0 Å². The number of H-pyrrole nitrogens is 1. The number of benzene rings is 1. The van der Waals surface area contributed by atoms with Crippen LogP contribution in [0.1, 0.15) is 0 Å². The van der Waals surface area contributed by atoms with E-state index >= 15 is 0 Å². The molecular formula is C14H12N2O3S. The van der Waals surface area contributed by atoms with Gasteiger partial charge in [0.2, 0.25) is 0 Å². The standard InChI is InChI=1S/C14H12N2O3S/c17-20(18,16-12-4-2-1-3-5-12)13-8-14(15-9-13)11-6-7-19-10-11/h1-10,15-16H. The SMILES string of the molecule is O=S(=O)(Nc1ccccc1)c1c[nH]c(-c2ccoc2)c1. The van der Waals surface area contributed by atoms with Gasteiger partial charge in [-0.25, -0.2) is 8.42 Å². The van der Waals surface area contributed by atoms with E-state index in [0.717, 1.165) is 5.56 Å². The van der Waals surface area contributed by atoms with Crippen molar-refractivity contribution in [3.63, 3.8) is 0 Å². The second-order valence-electron chi connectivity index (χ2n) is 4.23. The smallest absolute Gasteiger partial charge is 0.263 e. The number of aromatic amines is 1. The zero-order valence-corrected chi connectivity index (χ0v) is 11.2. The van der Waals surface area contributed by atoms with Crippen molar-refractivity contribution in [2.45, 2.75) is 4.90 Å². The van der Waals surface area contributed by atoms with Gasteiger partial charge in [0.25, 0.3) is 10.0 Å². The fraction of sp³-hybridized carbons (Fsp3) is 0. The van der Waals surface area contributed by atoms with Gasteiger partial charge in [0.1, 0.15) is 4.90 Å². The van der Waals surface area contributed by atoms with Crippen molar-refractivity contribution in [2.75, 3.05) is 4.72 Å². The maximum absolute atomic E-state index is 12.2. The first-order valence-corrected chi connectivity index (χ1v) is 7.42. The topological polar surface area (TPSA) is 75.1 Å². The summed E-state index contributed by atoms with van der Waals surface area (Å²) in [6.07, 6.45) is 4.53. The maximum Gasteiger partial charge on any atom is 0.263 e. The summed E-state index contributed by atoms with van der Waals surface area (Å²) in [5.41, 5.74) is 2.01. The highest BCUT2D eigenvalue weighted by atomic mass is 32.2. The Morgan fingerprint density at radius 1 is 1.10 bits per heavy atom. The number of hydrogen-bond donors (Lipinski definition) is 2. The van der Waals surface area contributed by atoms with Crippen LogP contribution in [0.25, 0.3) is 11.3 Å². The van der Waals surface area contributed by atoms with E-state index in [1.807, 2.05) is 6.07 Å². The lowest BCUT2D eigenvalue weighted by atomic mass is 10.2. The molecule has 0 unspecified atom stereocenters. The highest BCUT2D eigenvalue weighted by Gasteiger charge is 2.16. The van der Waals surface area contributed by atoms with Crippen molar-refractivity contribution in [3.8, 4) is 11.3 Å². The van der Waals surface area contributed by atoms with E-state index in [1.165, 1.54) is 12.5 Å². The maximum atomic E-state index is 12.2. The summed E-state index contributed by atoms with van der Waals surface area (Å²) in [7, 11) is -3.60. The van der Waals surface area contributed by atoms with E-state index in [-0.39, 0.29) is 4.90 Å². The van der Waals surface area contributed by atoms with E-state index in [0.29, 0.717) is 11.4 Å². The molecule has 0 radical (unpaired) electrons. The molecule has 6 heteroatoms. The average Bonchev–Trinajstić information content (AvgIpc) is 3.11. The van der Waals surface area contributed by atoms with Gasteiger partial charge < -0.3 is 9.40 Å². The molecule has 3 aromatic rings. The number of anilines is 1. The van der Waals surface area contributed by atoms with Gasteiger partial charge in [-0.1, -0.05) is 18.2 Å². The predicted octanol–water partition coefficient (Wildman–Crippen LogP) is 3.08. The summed E-state index contributed by atoms with van der Waals surface area (Å²) in [5.74, 6) is 0. The number of aromatic nitrogens is 1. The largest absolute Gasteiger partial charge is 0.472 e. The van der Waals surface area contributed by atoms with E-state index in [2.05, 4.69) is 9.71 Å². The number of para-hydroxylation sites is 1. The van der Waals surface area contributed by atoms with Gasteiger partial charge in [-0.15, -0.1) is 0 Å². The molecule has 0 spiro atoms. The van der Waals surface area contributed by atoms with E-state index < -0.39 is 10.0 Å². The van der Waals surface area contributed by atoms with Crippen LogP contribution < -0.4 is 4.72 Å². The second kappa shape index (κ2) is 4.90. The molecule has 0 aliphatic rings. The zero-order chi connectivity index (χ0) is 14.0. The van der Waals surface area contributed by atoms with E-state index in [4.69, 9.17) is 4.42 Å². The van der Waals surface area contributed by atoms with Crippen LogP contribution in [0.2, 0.25) is 0 Å². The number of rotatable bonds is 4. The quantitative estimate of drug-likeness (QED) is 0.774. The van der Waals surface area contributed by atoms with Gasteiger partial charge in [0, 0.05) is 17.4 Å². The number of hydrogen-bond acceptors (Lipinski definition) is 3. The first-order chi connectivity index (χ1) is 9.65. The lowest BCUT2D eigenvalue weighted by Crippen LogP contribution is -2.11. The average molecular weight is 288 g/mol. The lowest BCUT2D eigenvalue weighted by Gasteiger charge is -2.05. The Bertz CT molecular complexity index is 790. The highest BCUT2D eigenvalue weighted by Crippen LogP contribution is 2.23. The van der Waals surface area contributed by atoms with Crippen molar-refractivity contribution in [3.05, 3.63) is 61.2 Å². The third-order valence-electron chi connectivity index (χ3n) is 2.83. The summed E-state index contributed by atoms with van der Waals surface area (Å²) in [4.78, 5) is 3.10. The molecule has 102 valence electrons. The number of sulfonamides is 1. The molecule has 0 saturated carbocycles. The van der Waals surface area contributed by atoms with Gasteiger partial charge in [-0.3, -0.25) is 4.72 Å². The normalized spacial score (nSPS) is 11.4. The Morgan fingerprint density at radius 2 is 1.90 bits per heavy atom. The molecule has 0 saturated heterocycles. The summed E-state index contributed by atoms with van der Waals surface area (Å²) in [5, 5.41) is 0. The van der Waals surface area contributed by atoms with Crippen LogP contribution in [0.4, 0.5) is 5.69 Å². The summed E-state index contributed by atoms with van der Waals surface area (Å²) in [6, 6.07) is 12.1.